The summed E-state index contributed by atoms with van der Waals surface area (Å²) in [6, 6.07) is 5.15. The molecular weight excluding hydrogens is 261 g/mol. The number of carboxylic acid groups (broad SMARTS) is 1. The number of halogens is 2. The van der Waals surface area contributed by atoms with Crippen molar-refractivity contribution < 1.29 is 9.90 Å². The van der Waals surface area contributed by atoms with Crippen LogP contribution in [0.2, 0.25) is 10.0 Å². The molecule has 0 aromatic heterocycles. The molecule has 0 radical (unpaired) electrons. The molecule has 1 aliphatic heterocycles. The van der Waals surface area contributed by atoms with Gasteiger partial charge in [-0.2, -0.15) is 0 Å². The second-order valence-electron chi connectivity index (χ2n) is 4.42. The average Bonchev–Trinajstić information content (AvgIpc) is 2.73. The summed E-state index contributed by atoms with van der Waals surface area (Å²) in [5.74, 6) is -0.779. The van der Waals surface area contributed by atoms with Gasteiger partial charge in [0, 0.05) is 16.6 Å². The number of carbonyl (C=O) groups is 1. The van der Waals surface area contributed by atoms with Crippen molar-refractivity contribution in [2.45, 2.75) is 12.8 Å². The fourth-order valence-corrected chi connectivity index (χ4v) is 2.58. The third-order valence-corrected chi connectivity index (χ3v) is 3.84. The minimum absolute atomic E-state index is 0.411. The predicted octanol–water partition coefficient (Wildman–Crippen LogP) is 2.60. The highest BCUT2D eigenvalue weighted by atomic mass is 35.5. The molecule has 0 amide bonds. The summed E-state index contributed by atoms with van der Waals surface area (Å²) in [5.41, 5.74) is 0.0409. The minimum atomic E-state index is -0.779. The Morgan fingerprint density at radius 3 is 2.82 bits per heavy atom. The number of aliphatic carboxylic acids is 1. The topological polar surface area (TPSA) is 49.3 Å². The first kappa shape index (κ1) is 12.7. The standard InChI is InChI=1S/C12H13Cl2NO2/c13-9-1-2-10(14)8(5-9)6-12(11(16)17)3-4-15-7-12/h1-2,5,15H,3-4,6-7H2,(H,16,17). The number of carboxylic acids is 1. The molecule has 2 N–H and O–H groups in total. The molecule has 1 unspecified atom stereocenters. The summed E-state index contributed by atoms with van der Waals surface area (Å²) in [7, 11) is 0. The Labute approximate surface area is 110 Å². The Balaban J connectivity index is 2.29. The van der Waals surface area contributed by atoms with Crippen molar-refractivity contribution in [3.05, 3.63) is 33.8 Å². The molecule has 1 fully saturated rings. The van der Waals surface area contributed by atoms with Crippen molar-refractivity contribution in [3.8, 4) is 0 Å². The molecule has 1 aromatic carbocycles. The van der Waals surface area contributed by atoms with Crippen LogP contribution in [-0.4, -0.2) is 24.2 Å². The van der Waals surface area contributed by atoms with E-state index in [4.69, 9.17) is 23.2 Å². The van der Waals surface area contributed by atoms with Gasteiger partial charge < -0.3 is 10.4 Å². The quantitative estimate of drug-likeness (QED) is 0.890. The first-order valence-electron chi connectivity index (χ1n) is 5.42. The van der Waals surface area contributed by atoms with Crippen molar-refractivity contribution in [2.24, 2.45) is 5.41 Å². The minimum Gasteiger partial charge on any atom is -0.481 e. The zero-order valence-corrected chi connectivity index (χ0v) is 10.7. The van der Waals surface area contributed by atoms with Crippen LogP contribution in [0.25, 0.3) is 0 Å². The Hall–Kier alpha value is -0.770. The van der Waals surface area contributed by atoms with E-state index in [0.29, 0.717) is 29.4 Å². The van der Waals surface area contributed by atoms with E-state index in [1.54, 1.807) is 18.2 Å². The highest BCUT2D eigenvalue weighted by molar-refractivity contribution is 6.33. The van der Waals surface area contributed by atoms with Gasteiger partial charge in [0.25, 0.3) is 0 Å². The Morgan fingerprint density at radius 2 is 2.24 bits per heavy atom. The van der Waals surface area contributed by atoms with E-state index in [0.717, 1.165) is 12.1 Å². The van der Waals surface area contributed by atoms with Gasteiger partial charge in [-0.25, -0.2) is 0 Å². The van der Waals surface area contributed by atoms with Crippen molar-refractivity contribution in [1.82, 2.24) is 5.32 Å². The lowest BCUT2D eigenvalue weighted by atomic mass is 9.81. The van der Waals surface area contributed by atoms with E-state index in [9.17, 15) is 9.90 Å². The van der Waals surface area contributed by atoms with E-state index in [-0.39, 0.29) is 0 Å². The van der Waals surface area contributed by atoms with Gasteiger partial charge in [-0.05, 0) is 43.1 Å². The van der Waals surface area contributed by atoms with Crippen LogP contribution < -0.4 is 5.32 Å². The Morgan fingerprint density at radius 1 is 1.47 bits per heavy atom. The zero-order valence-electron chi connectivity index (χ0n) is 9.17. The monoisotopic (exact) mass is 273 g/mol. The van der Waals surface area contributed by atoms with Crippen molar-refractivity contribution in [3.63, 3.8) is 0 Å². The fraction of sp³-hybridized carbons (Fsp3) is 0.417. The maximum atomic E-state index is 11.4. The van der Waals surface area contributed by atoms with Crippen molar-refractivity contribution in [2.75, 3.05) is 13.1 Å². The molecule has 3 nitrogen and oxygen atoms in total. The molecule has 17 heavy (non-hydrogen) atoms. The lowest BCUT2D eigenvalue weighted by molar-refractivity contribution is -0.147. The van der Waals surface area contributed by atoms with Crippen LogP contribution in [0.15, 0.2) is 18.2 Å². The lowest BCUT2D eigenvalue weighted by Crippen LogP contribution is -2.35. The Kier molecular flexibility index (Phi) is 3.61. The van der Waals surface area contributed by atoms with E-state index in [2.05, 4.69) is 5.32 Å². The highest BCUT2D eigenvalue weighted by Crippen LogP contribution is 2.33. The van der Waals surface area contributed by atoms with E-state index in [1.807, 2.05) is 0 Å². The van der Waals surface area contributed by atoms with E-state index in [1.165, 1.54) is 0 Å². The smallest absolute Gasteiger partial charge is 0.311 e. The molecule has 0 aliphatic carbocycles. The summed E-state index contributed by atoms with van der Waals surface area (Å²) in [6.45, 7) is 1.20. The van der Waals surface area contributed by atoms with Gasteiger partial charge in [-0.1, -0.05) is 23.2 Å². The largest absolute Gasteiger partial charge is 0.481 e. The highest BCUT2D eigenvalue weighted by Gasteiger charge is 2.41. The number of hydrogen-bond acceptors (Lipinski definition) is 2. The van der Waals surface area contributed by atoms with Crippen LogP contribution in [-0.2, 0) is 11.2 Å². The SMILES string of the molecule is O=C(O)C1(Cc2cc(Cl)ccc2Cl)CCNC1. The molecule has 2 rings (SSSR count). The zero-order chi connectivity index (χ0) is 12.5. The molecule has 0 spiro atoms. The number of benzene rings is 1. The van der Waals surface area contributed by atoms with Gasteiger partial charge in [0.15, 0.2) is 0 Å². The van der Waals surface area contributed by atoms with Gasteiger partial charge >= 0.3 is 5.97 Å². The molecule has 92 valence electrons. The molecular formula is C12H13Cl2NO2. The first-order chi connectivity index (χ1) is 8.03. The number of rotatable bonds is 3. The van der Waals surface area contributed by atoms with Gasteiger partial charge in [0.05, 0.1) is 5.41 Å². The molecule has 1 saturated heterocycles. The molecule has 0 bridgehead atoms. The van der Waals surface area contributed by atoms with Crippen LogP contribution in [0, 0.1) is 5.41 Å². The van der Waals surface area contributed by atoms with Crippen LogP contribution in [0.1, 0.15) is 12.0 Å². The number of nitrogens with one attached hydrogen (secondary N) is 1. The molecule has 0 saturated carbocycles. The molecule has 1 atom stereocenters. The summed E-state index contributed by atoms with van der Waals surface area (Å²) in [6.07, 6.45) is 1.03. The second kappa shape index (κ2) is 4.84. The van der Waals surface area contributed by atoms with Gasteiger partial charge in [-0.3, -0.25) is 4.79 Å². The van der Waals surface area contributed by atoms with E-state index >= 15 is 0 Å². The summed E-state index contributed by atoms with van der Waals surface area (Å²) >= 11 is 12.0. The van der Waals surface area contributed by atoms with Gasteiger partial charge in [-0.15, -0.1) is 0 Å². The normalized spacial score (nSPS) is 23.9. The molecule has 5 heteroatoms. The summed E-state index contributed by atoms with van der Waals surface area (Å²) in [4.78, 5) is 11.4. The third kappa shape index (κ3) is 2.57. The molecule has 1 aromatic rings. The van der Waals surface area contributed by atoms with E-state index < -0.39 is 11.4 Å². The van der Waals surface area contributed by atoms with Gasteiger partial charge in [0.2, 0.25) is 0 Å². The van der Waals surface area contributed by atoms with Crippen LogP contribution in [0.5, 0.6) is 0 Å². The lowest BCUT2D eigenvalue weighted by Gasteiger charge is -2.23. The maximum absolute atomic E-state index is 11.4. The maximum Gasteiger partial charge on any atom is 0.311 e. The summed E-state index contributed by atoms with van der Waals surface area (Å²) in [5, 5.41) is 13.6. The molecule has 1 heterocycles. The van der Waals surface area contributed by atoms with Gasteiger partial charge in [0.1, 0.15) is 0 Å². The number of hydrogen-bond donors (Lipinski definition) is 2. The summed E-state index contributed by atoms with van der Waals surface area (Å²) < 4.78 is 0. The van der Waals surface area contributed by atoms with Crippen molar-refractivity contribution >= 4 is 29.2 Å². The van der Waals surface area contributed by atoms with Crippen LogP contribution >= 0.6 is 23.2 Å². The first-order valence-corrected chi connectivity index (χ1v) is 6.17. The third-order valence-electron chi connectivity index (χ3n) is 3.23. The second-order valence-corrected chi connectivity index (χ2v) is 5.27. The van der Waals surface area contributed by atoms with Crippen LogP contribution in [0.3, 0.4) is 0 Å². The van der Waals surface area contributed by atoms with Crippen LogP contribution in [0.4, 0.5) is 0 Å². The van der Waals surface area contributed by atoms with Crippen molar-refractivity contribution in [1.29, 1.82) is 0 Å². The average molecular weight is 274 g/mol. The Bertz CT molecular complexity index is 442. The molecule has 1 aliphatic rings. The fourth-order valence-electron chi connectivity index (χ4n) is 2.20. The predicted molar refractivity (Wildman–Crippen MR) is 67.7 cm³/mol.